The molecule has 0 aliphatic rings. The van der Waals surface area contributed by atoms with Gasteiger partial charge in [-0.1, -0.05) is 13.8 Å². The molecule has 0 aromatic carbocycles. The predicted octanol–water partition coefficient (Wildman–Crippen LogP) is 1.18. The smallest absolute Gasteiger partial charge is 0.221 e. The Hall–Kier alpha value is -1.40. The summed E-state index contributed by atoms with van der Waals surface area (Å²) in [5, 5.41) is 6.70. The minimum atomic E-state index is 0.310. The number of nitrogens with one attached hydrogen (secondary N) is 2. The molecule has 0 atom stereocenters. The summed E-state index contributed by atoms with van der Waals surface area (Å²) in [6, 6.07) is 1.83. The lowest BCUT2D eigenvalue weighted by atomic mass is 10.3. The number of nitrogens with zero attached hydrogens (tertiary/aromatic N) is 3. The summed E-state index contributed by atoms with van der Waals surface area (Å²) in [6.45, 7) is 10.9. The quantitative estimate of drug-likeness (QED) is 0.528. The Labute approximate surface area is 122 Å². The monoisotopic (exact) mass is 280 g/mol. The molecule has 1 aromatic heterocycles. The van der Waals surface area contributed by atoms with E-state index >= 15 is 0 Å². The van der Waals surface area contributed by atoms with Crippen molar-refractivity contribution in [2.45, 2.75) is 26.7 Å². The lowest BCUT2D eigenvalue weighted by Crippen LogP contribution is -2.27. The highest BCUT2D eigenvalue weighted by atomic mass is 15.1. The van der Waals surface area contributed by atoms with E-state index < -0.39 is 0 Å². The summed E-state index contributed by atoms with van der Waals surface area (Å²) in [6.07, 6.45) is 3.93. The second kappa shape index (κ2) is 10.4. The summed E-state index contributed by atoms with van der Waals surface area (Å²) < 4.78 is 0. The van der Waals surface area contributed by atoms with E-state index in [1.165, 1.54) is 13.0 Å². The van der Waals surface area contributed by atoms with Crippen molar-refractivity contribution in [1.29, 1.82) is 0 Å². The SMILES string of the molecule is CCN(CC)CCCNCCCNc1ccnc(N)n1. The van der Waals surface area contributed by atoms with E-state index in [-0.39, 0.29) is 0 Å². The van der Waals surface area contributed by atoms with Gasteiger partial charge in [0.1, 0.15) is 5.82 Å². The third-order valence-corrected chi connectivity index (χ3v) is 3.23. The van der Waals surface area contributed by atoms with Gasteiger partial charge in [-0.05, 0) is 51.6 Å². The van der Waals surface area contributed by atoms with Crippen LogP contribution in [-0.2, 0) is 0 Å². The Bertz CT molecular complexity index is 353. The van der Waals surface area contributed by atoms with E-state index in [2.05, 4.69) is 39.3 Å². The fourth-order valence-electron chi connectivity index (χ4n) is 1.99. The molecule has 6 heteroatoms. The van der Waals surface area contributed by atoms with Gasteiger partial charge >= 0.3 is 0 Å². The fraction of sp³-hybridized carbons (Fsp3) is 0.714. The van der Waals surface area contributed by atoms with Gasteiger partial charge in [-0.2, -0.15) is 4.98 Å². The zero-order chi connectivity index (χ0) is 14.6. The highest BCUT2D eigenvalue weighted by Crippen LogP contribution is 2.01. The van der Waals surface area contributed by atoms with Crippen molar-refractivity contribution >= 4 is 11.8 Å². The second-order valence-electron chi connectivity index (χ2n) is 4.71. The number of rotatable bonds is 11. The van der Waals surface area contributed by atoms with Crippen molar-refractivity contribution in [2.24, 2.45) is 0 Å². The molecule has 1 rings (SSSR count). The number of nitrogen functional groups attached to an aromatic ring is 1. The zero-order valence-electron chi connectivity index (χ0n) is 12.7. The molecule has 0 bridgehead atoms. The zero-order valence-corrected chi connectivity index (χ0v) is 12.7. The number of aromatic nitrogens is 2. The Morgan fingerprint density at radius 3 is 2.60 bits per heavy atom. The molecule has 0 saturated carbocycles. The molecule has 20 heavy (non-hydrogen) atoms. The lowest BCUT2D eigenvalue weighted by molar-refractivity contribution is 0.298. The normalized spacial score (nSPS) is 10.9. The maximum Gasteiger partial charge on any atom is 0.221 e. The molecular weight excluding hydrogens is 252 g/mol. The molecule has 4 N–H and O–H groups in total. The first-order chi connectivity index (χ1) is 9.76. The van der Waals surface area contributed by atoms with Gasteiger partial charge in [0, 0.05) is 12.7 Å². The van der Waals surface area contributed by atoms with Crippen LogP contribution in [0, 0.1) is 0 Å². The molecule has 6 nitrogen and oxygen atoms in total. The van der Waals surface area contributed by atoms with Crippen molar-refractivity contribution in [2.75, 3.05) is 50.3 Å². The van der Waals surface area contributed by atoms with Crippen LogP contribution in [0.1, 0.15) is 26.7 Å². The third-order valence-electron chi connectivity index (χ3n) is 3.23. The maximum absolute atomic E-state index is 5.51. The third kappa shape index (κ3) is 7.25. The van der Waals surface area contributed by atoms with Crippen LogP contribution in [0.3, 0.4) is 0 Å². The number of hydrogen-bond donors (Lipinski definition) is 3. The van der Waals surface area contributed by atoms with Crippen LogP contribution in [-0.4, -0.2) is 54.1 Å². The number of nitrogens with two attached hydrogens (primary N) is 1. The fourth-order valence-corrected chi connectivity index (χ4v) is 1.99. The summed E-state index contributed by atoms with van der Waals surface area (Å²) in [7, 11) is 0. The Morgan fingerprint density at radius 2 is 1.90 bits per heavy atom. The van der Waals surface area contributed by atoms with Gasteiger partial charge in [0.25, 0.3) is 0 Å². The van der Waals surface area contributed by atoms with E-state index in [1.807, 2.05) is 6.07 Å². The average molecular weight is 280 g/mol. The van der Waals surface area contributed by atoms with Crippen LogP contribution in [0.15, 0.2) is 12.3 Å². The van der Waals surface area contributed by atoms with Crippen LogP contribution in [0.2, 0.25) is 0 Å². The molecule has 0 radical (unpaired) electrons. The van der Waals surface area contributed by atoms with Gasteiger partial charge in [0.15, 0.2) is 0 Å². The molecule has 0 fully saturated rings. The minimum Gasteiger partial charge on any atom is -0.370 e. The van der Waals surface area contributed by atoms with E-state index in [0.29, 0.717) is 5.95 Å². The number of hydrogen-bond acceptors (Lipinski definition) is 6. The molecule has 1 aromatic rings. The van der Waals surface area contributed by atoms with Gasteiger partial charge in [-0.25, -0.2) is 4.98 Å². The van der Waals surface area contributed by atoms with E-state index in [9.17, 15) is 0 Å². The Kier molecular flexibility index (Phi) is 8.66. The van der Waals surface area contributed by atoms with Gasteiger partial charge in [-0.3, -0.25) is 0 Å². The molecule has 1 heterocycles. The van der Waals surface area contributed by atoms with Gasteiger partial charge in [-0.15, -0.1) is 0 Å². The van der Waals surface area contributed by atoms with Crippen LogP contribution >= 0.6 is 0 Å². The standard InChI is InChI=1S/C14H28N6/c1-3-20(4-2)12-6-9-16-8-5-10-17-13-7-11-18-14(15)19-13/h7,11,16H,3-6,8-10,12H2,1-2H3,(H3,15,17,18,19). The highest BCUT2D eigenvalue weighted by molar-refractivity contribution is 5.36. The molecule has 0 saturated heterocycles. The molecular formula is C14H28N6. The summed E-state index contributed by atoms with van der Waals surface area (Å²) >= 11 is 0. The first-order valence-electron chi connectivity index (χ1n) is 7.51. The second-order valence-corrected chi connectivity index (χ2v) is 4.71. The first-order valence-corrected chi connectivity index (χ1v) is 7.51. The van der Waals surface area contributed by atoms with Crippen LogP contribution < -0.4 is 16.4 Å². The summed E-state index contributed by atoms with van der Waals surface area (Å²) in [5.74, 6) is 1.10. The van der Waals surface area contributed by atoms with E-state index in [0.717, 1.165) is 45.0 Å². The molecule has 0 amide bonds. The molecule has 114 valence electrons. The number of anilines is 2. The van der Waals surface area contributed by atoms with Gasteiger partial charge in [0.2, 0.25) is 5.95 Å². The van der Waals surface area contributed by atoms with E-state index in [1.54, 1.807) is 6.20 Å². The Balaban J connectivity index is 1.95. The average Bonchev–Trinajstić information content (AvgIpc) is 2.46. The minimum absolute atomic E-state index is 0.310. The largest absolute Gasteiger partial charge is 0.370 e. The molecule has 0 aliphatic carbocycles. The van der Waals surface area contributed by atoms with Crippen LogP contribution in [0.5, 0.6) is 0 Å². The van der Waals surface area contributed by atoms with Crippen molar-refractivity contribution in [1.82, 2.24) is 20.2 Å². The summed E-state index contributed by atoms with van der Waals surface area (Å²) in [4.78, 5) is 10.4. The van der Waals surface area contributed by atoms with Gasteiger partial charge in [0.05, 0.1) is 0 Å². The maximum atomic E-state index is 5.51. The highest BCUT2D eigenvalue weighted by Gasteiger charge is 1.98. The predicted molar refractivity (Wildman–Crippen MR) is 84.8 cm³/mol. The van der Waals surface area contributed by atoms with Crippen molar-refractivity contribution < 1.29 is 0 Å². The topological polar surface area (TPSA) is 79.1 Å². The van der Waals surface area contributed by atoms with Crippen molar-refractivity contribution in [3.05, 3.63) is 12.3 Å². The first kappa shape index (κ1) is 16.7. The molecule has 0 unspecified atom stereocenters. The van der Waals surface area contributed by atoms with Crippen LogP contribution in [0.4, 0.5) is 11.8 Å². The summed E-state index contributed by atoms with van der Waals surface area (Å²) in [5.41, 5.74) is 5.51. The molecule has 0 aliphatic heterocycles. The Morgan fingerprint density at radius 1 is 1.15 bits per heavy atom. The molecule has 0 spiro atoms. The van der Waals surface area contributed by atoms with Gasteiger partial charge < -0.3 is 21.3 Å². The van der Waals surface area contributed by atoms with Crippen LogP contribution in [0.25, 0.3) is 0 Å². The lowest BCUT2D eigenvalue weighted by Gasteiger charge is -2.17. The van der Waals surface area contributed by atoms with Crippen molar-refractivity contribution in [3.63, 3.8) is 0 Å². The van der Waals surface area contributed by atoms with Crippen molar-refractivity contribution in [3.8, 4) is 0 Å². The van der Waals surface area contributed by atoms with E-state index in [4.69, 9.17) is 5.73 Å².